The quantitative estimate of drug-likeness (QED) is 0.693. The lowest BCUT2D eigenvalue weighted by Gasteiger charge is -2.27. The van der Waals surface area contributed by atoms with Crippen LogP contribution in [0.25, 0.3) is 10.8 Å². The summed E-state index contributed by atoms with van der Waals surface area (Å²) in [6.45, 7) is 0.193. The van der Waals surface area contributed by atoms with Crippen molar-refractivity contribution in [3.8, 4) is 0 Å². The van der Waals surface area contributed by atoms with Crippen molar-refractivity contribution in [2.24, 2.45) is 0 Å². The normalized spacial score (nSPS) is 13.3. The number of hydrogen-bond donors (Lipinski definition) is 2. The number of nitrogens with zero attached hydrogens (tertiary/aromatic N) is 2. The number of anilines is 1. The van der Waals surface area contributed by atoms with Crippen molar-refractivity contribution < 1.29 is 14.4 Å². The Kier molecular flexibility index (Phi) is 3.96. The summed E-state index contributed by atoms with van der Waals surface area (Å²) in [5.41, 5.74) is 1.05. The van der Waals surface area contributed by atoms with Gasteiger partial charge in [-0.3, -0.25) is 24.4 Å². The van der Waals surface area contributed by atoms with Crippen molar-refractivity contribution in [3.63, 3.8) is 0 Å². The zero-order chi connectivity index (χ0) is 18.1. The highest BCUT2D eigenvalue weighted by atomic mass is 16.2. The molecule has 0 fully saturated rings. The number of imide groups is 1. The van der Waals surface area contributed by atoms with Gasteiger partial charge >= 0.3 is 0 Å². The highest BCUT2D eigenvalue weighted by Gasteiger charge is 2.32. The van der Waals surface area contributed by atoms with E-state index in [0.717, 1.165) is 5.39 Å². The van der Waals surface area contributed by atoms with Gasteiger partial charge in [-0.05, 0) is 23.9 Å². The third-order valence-electron chi connectivity index (χ3n) is 4.42. The average Bonchev–Trinajstić information content (AvgIpc) is 3.15. The number of aromatic amines is 1. The predicted molar refractivity (Wildman–Crippen MR) is 95.8 cm³/mol. The number of carbonyl (C=O) groups excluding carboxylic acids is 3. The van der Waals surface area contributed by atoms with Crippen LogP contribution in [0.3, 0.4) is 0 Å². The van der Waals surface area contributed by atoms with Crippen molar-refractivity contribution in [2.75, 3.05) is 11.9 Å². The second kappa shape index (κ2) is 6.44. The molecule has 2 N–H and O–H groups in total. The largest absolute Gasteiger partial charge is 0.311 e. The van der Waals surface area contributed by atoms with Gasteiger partial charge in [0, 0.05) is 35.5 Å². The molecular weight excluding hydrogens is 332 g/mol. The molecule has 3 amide bonds. The fourth-order valence-electron chi connectivity index (χ4n) is 3.22. The van der Waals surface area contributed by atoms with Crippen LogP contribution in [0.1, 0.15) is 33.6 Å². The van der Waals surface area contributed by atoms with Gasteiger partial charge < -0.3 is 5.32 Å². The summed E-state index contributed by atoms with van der Waals surface area (Å²) < 4.78 is 0. The summed E-state index contributed by atoms with van der Waals surface area (Å²) in [7, 11) is 0. The third-order valence-corrected chi connectivity index (χ3v) is 4.42. The van der Waals surface area contributed by atoms with Crippen LogP contribution >= 0.6 is 0 Å². The van der Waals surface area contributed by atoms with Gasteiger partial charge in [0.05, 0.1) is 6.20 Å². The maximum absolute atomic E-state index is 12.7. The Balaban J connectivity index is 1.47. The van der Waals surface area contributed by atoms with Crippen LogP contribution in [0.5, 0.6) is 0 Å². The first-order valence-electron chi connectivity index (χ1n) is 8.32. The van der Waals surface area contributed by atoms with Gasteiger partial charge in [0.15, 0.2) is 0 Å². The Morgan fingerprint density at radius 1 is 1.04 bits per heavy atom. The number of rotatable bonds is 5. The summed E-state index contributed by atoms with van der Waals surface area (Å²) in [5.74, 6) is -0.309. The molecule has 3 aromatic rings. The molecule has 0 saturated heterocycles. The van der Waals surface area contributed by atoms with Crippen LogP contribution in [0.15, 0.2) is 48.7 Å². The smallest absolute Gasteiger partial charge is 0.261 e. The van der Waals surface area contributed by atoms with E-state index in [9.17, 15) is 14.4 Å². The molecule has 7 nitrogen and oxygen atoms in total. The fourth-order valence-corrected chi connectivity index (χ4v) is 3.22. The molecule has 2 aromatic carbocycles. The zero-order valence-electron chi connectivity index (χ0n) is 13.9. The molecule has 26 heavy (non-hydrogen) atoms. The molecule has 0 atom stereocenters. The van der Waals surface area contributed by atoms with Crippen molar-refractivity contribution in [1.82, 2.24) is 15.1 Å². The summed E-state index contributed by atoms with van der Waals surface area (Å²) in [4.78, 5) is 38.6. The molecule has 1 aromatic heterocycles. The monoisotopic (exact) mass is 348 g/mol. The molecule has 0 radical (unpaired) electrons. The van der Waals surface area contributed by atoms with Gasteiger partial charge in [0.25, 0.3) is 11.8 Å². The summed E-state index contributed by atoms with van der Waals surface area (Å²) in [5, 5.41) is 10.6. The first-order valence-corrected chi connectivity index (χ1v) is 8.32. The van der Waals surface area contributed by atoms with Gasteiger partial charge in [-0.25, -0.2) is 0 Å². The van der Waals surface area contributed by atoms with Gasteiger partial charge in [0.1, 0.15) is 5.82 Å². The van der Waals surface area contributed by atoms with Gasteiger partial charge in [0.2, 0.25) is 5.91 Å². The highest BCUT2D eigenvalue weighted by molar-refractivity contribution is 6.25. The minimum absolute atomic E-state index is 0.193. The number of H-pyrrole nitrogens is 1. The zero-order valence-corrected chi connectivity index (χ0v) is 13.9. The SMILES string of the molecule is O=C(CCCN1C(=O)c2cccc3cccc(c23)C1=O)Nc1ccn[nH]1. The Labute approximate surface area is 149 Å². The lowest BCUT2D eigenvalue weighted by Crippen LogP contribution is -2.41. The van der Waals surface area contributed by atoms with Gasteiger partial charge in [-0.15, -0.1) is 0 Å². The number of amides is 3. The van der Waals surface area contributed by atoms with Crippen LogP contribution in [0.4, 0.5) is 5.82 Å². The maximum atomic E-state index is 12.7. The van der Waals surface area contributed by atoms with E-state index < -0.39 is 0 Å². The van der Waals surface area contributed by atoms with Crippen LogP contribution < -0.4 is 5.32 Å². The van der Waals surface area contributed by atoms with E-state index in [0.29, 0.717) is 28.8 Å². The van der Waals surface area contributed by atoms with Crippen molar-refractivity contribution in [3.05, 3.63) is 59.8 Å². The van der Waals surface area contributed by atoms with E-state index in [1.807, 2.05) is 24.3 Å². The number of nitrogens with one attached hydrogen (secondary N) is 2. The number of hydrogen-bond acceptors (Lipinski definition) is 4. The van der Waals surface area contributed by atoms with Gasteiger partial charge in [-0.2, -0.15) is 5.10 Å². The highest BCUT2D eigenvalue weighted by Crippen LogP contribution is 2.30. The van der Waals surface area contributed by atoms with Crippen LogP contribution in [-0.4, -0.2) is 39.4 Å². The Bertz CT molecular complexity index is 960. The molecule has 4 rings (SSSR count). The molecule has 1 aliphatic heterocycles. The molecular formula is C19H16N4O3. The third kappa shape index (κ3) is 2.73. The van der Waals surface area contributed by atoms with Crippen LogP contribution in [0.2, 0.25) is 0 Å². The number of benzene rings is 2. The molecule has 1 aliphatic rings. The van der Waals surface area contributed by atoms with E-state index in [-0.39, 0.29) is 30.7 Å². The van der Waals surface area contributed by atoms with E-state index in [4.69, 9.17) is 0 Å². The Morgan fingerprint density at radius 2 is 1.73 bits per heavy atom. The number of aromatic nitrogens is 2. The minimum Gasteiger partial charge on any atom is -0.311 e. The lowest BCUT2D eigenvalue weighted by atomic mass is 9.94. The molecule has 2 heterocycles. The second-order valence-electron chi connectivity index (χ2n) is 6.09. The Hall–Kier alpha value is -3.48. The summed E-state index contributed by atoms with van der Waals surface area (Å²) in [6, 6.07) is 12.5. The van der Waals surface area contributed by atoms with E-state index in [2.05, 4.69) is 15.5 Å². The molecule has 0 bridgehead atoms. The standard InChI is InChI=1S/C19H16N4O3/c24-16(21-15-9-10-20-22-15)8-3-11-23-18(25)13-6-1-4-12-5-2-7-14(17(12)13)19(23)26/h1-2,4-7,9-10H,3,8,11H2,(H2,20,21,22,24). The topological polar surface area (TPSA) is 95.2 Å². The molecule has 130 valence electrons. The lowest BCUT2D eigenvalue weighted by molar-refractivity contribution is -0.116. The summed E-state index contributed by atoms with van der Waals surface area (Å²) in [6.07, 6.45) is 2.12. The minimum atomic E-state index is -0.312. The van der Waals surface area contributed by atoms with Crippen LogP contribution in [0, 0.1) is 0 Å². The summed E-state index contributed by atoms with van der Waals surface area (Å²) >= 11 is 0. The molecule has 0 aliphatic carbocycles. The average molecular weight is 348 g/mol. The first kappa shape index (κ1) is 16.0. The Morgan fingerprint density at radius 3 is 2.35 bits per heavy atom. The second-order valence-corrected chi connectivity index (χ2v) is 6.09. The van der Waals surface area contributed by atoms with E-state index in [1.165, 1.54) is 4.90 Å². The van der Waals surface area contributed by atoms with Gasteiger partial charge in [-0.1, -0.05) is 24.3 Å². The number of carbonyl (C=O) groups is 3. The van der Waals surface area contributed by atoms with Crippen LogP contribution in [-0.2, 0) is 4.79 Å². The fraction of sp³-hybridized carbons (Fsp3) is 0.158. The predicted octanol–water partition coefficient (Wildman–Crippen LogP) is 2.58. The first-order chi connectivity index (χ1) is 12.6. The molecule has 7 heteroatoms. The maximum Gasteiger partial charge on any atom is 0.261 e. The molecule has 0 spiro atoms. The molecule has 0 saturated carbocycles. The van der Waals surface area contributed by atoms with E-state index >= 15 is 0 Å². The van der Waals surface area contributed by atoms with Crippen molar-refractivity contribution in [2.45, 2.75) is 12.8 Å². The molecule has 0 unspecified atom stereocenters. The van der Waals surface area contributed by atoms with E-state index in [1.54, 1.807) is 24.4 Å². The van der Waals surface area contributed by atoms with Crippen molar-refractivity contribution in [1.29, 1.82) is 0 Å². The van der Waals surface area contributed by atoms with Crippen molar-refractivity contribution >= 4 is 34.3 Å².